The van der Waals surface area contributed by atoms with Crippen LogP contribution in [0.2, 0.25) is 0 Å². The summed E-state index contributed by atoms with van der Waals surface area (Å²) in [6, 6.07) is 14.2. The van der Waals surface area contributed by atoms with Crippen LogP contribution in [0.15, 0.2) is 53.4 Å². The van der Waals surface area contributed by atoms with E-state index in [4.69, 9.17) is 0 Å². The van der Waals surface area contributed by atoms with Crippen molar-refractivity contribution in [3.8, 4) is 0 Å². The van der Waals surface area contributed by atoms with Gasteiger partial charge in [0.05, 0.1) is 15.9 Å². The highest BCUT2D eigenvalue weighted by atomic mass is 32.2. The second kappa shape index (κ2) is 8.12. The van der Waals surface area contributed by atoms with Gasteiger partial charge in [-0.05, 0) is 18.2 Å². The van der Waals surface area contributed by atoms with E-state index in [0.29, 0.717) is 31.9 Å². The van der Waals surface area contributed by atoms with E-state index in [1.807, 2.05) is 29.2 Å². The molecule has 1 fully saturated rings. The van der Waals surface area contributed by atoms with E-state index < -0.39 is 5.25 Å². The van der Waals surface area contributed by atoms with Crippen molar-refractivity contribution in [2.75, 3.05) is 36.4 Å². The number of para-hydroxylation sites is 3. The van der Waals surface area contributed by atoms with Crippen molar-refractivity contribution in [2.24, 2.45) is 0 Å². The zero-order valence-electron chi connectivity index (χ0n) is 15.6. The van der Waals surface area contributed by atoms with Gasteiger partial charge in [-0.15, -0.1) is 11.8 Å². The van der Waals surface area contributed by atoms with Gasteiger partial charge in [0, 0.05) is 43.6 Å². The number of nitro benzene ring substituents is 1. The Hall–Kier alpha value is -3.07. The normalized spacial score (nSPS) is 18.8. The monoisotopic (exact) mass is 412 g/mol. The van der Waals surface area contributed by atoms with E-state index in [1.165, 1.54) is 17.8 Å². The molecular weight excluding hydrogens is 392 g/mol. The fourth-order valence-electron chi connectivity index (χ4n) is 3.60. The van der Waals surface area contributed by atoms with Crippen LogP contribution in [0.4, 0.5) is 17.1 Å². The third-order valence-electron chi connectivity index (χ3n) is 5.12. The molecule has 1 atom stereocenters. The number of amides is 2. The molecule has 2 heterocycles. The molecule has 4 rings (SSSR count). The maximum atomic E-state index is 12.7. The smallest absolute Gasteiger partial charge is 0.292 e. The zero-order valence-corrected chi connectivity index (χ0v) is 16.4. The molecule has 0 aromatic heterocycles. The first-order chi connectivity index (χ1) is 14.0. The summed E-state index contributed by atoms with van der Waals surface area (Å²) in [5, 5.41) is 13.7. The number of piperazine rings is 1. The number of hydrogen-bond donors (Lipinski definition) is 1. The molecule has 9 heteroatoms. The van der Waals surface area contributed by atoms with Crippen LogP contribution in [-0.4, -0.2) is 53.1 Å². The molecule has 0 bridgehead atoms. The summed E-state index contributed by atoms with van der Waals surface area (Å²) in [5.74, 6) is -0.222. The van der Waals surface area contributed by atoms with Crippen LogP contribution in [-0.2, 0) is 9.59 Å². The largest absolute Gasteiger partial charge is 0.362 e. The number of nitro groups is 1. The van der Waals surface area contributed by atoms with Crippen LogP contribution >= 0.6 is 11.8 Å². The summed E-state index contributed by atoms with van der Waals surface area (Å²) in [5.41, 5.74) is 1.42. The molecule has 2 amide bonds. The van der Waals surface area contributed by atoms with Gasteiger partial charge in [0.25, 0.3) is 5.69 Å². The van der Waals surface area contributed by atoms with Crippen LogP contribution < -0.4 is 10.2 Å². The van der Waals surface area contributed by atoms with Gasteiger partial charge in [-0.1, -0.05) is 24.3 Å². The predicted molar refractivity (Wildman–Crippen MR) is 111 cm³/mol. The molecule has 1 N–H and O–H groups in total. The average molecular weight is 412 g/mol. The minimum Gasteiger partial charge on any atom is -0.362 e. The van der Waals surface area contributed by atoms with E-state index >= 15 is 0 Å². The maximum absolute atomic E-state index is 12.7. The lowest BCUT2D eigenvalue weighted by Gasteiger charge is -2.36. The van der Waals surface area contributed by atoms with Crippen molar-refractivity contribution in [3.63, 3.8) is 0 Å². The Bertz CT molecular complexity index is 959. The first-order valence-corrected chi connectivity index (χ1v) is 10.2. The number of benzene rings is 2. The van der Waals surface area contributed by atoms with Crippen molar-refractivity contribution in [2.45, 2.75) is 16.6 Å². The van der Waals surface area contributed by atoms with E-state index in [9.17, 15) is 19.7 Å². The Balaban J connectivity index is 1.36. The molecule has 8 nitrogen and oxygen atoms in total. The quantitative estimate of drug-likeness (QED) is 0.613. The third-order valence-corrected chi connectivity index (χ3v) is 6.39. The van der Waals surface area contributed by atoms with Crippen molar-refractivity contribution in [1.82, 2.24) is 4.90 Å². The fraction of sp³-hybridized carbons (Fsp3) is 0.300. The predicted octanol–water partition coefficient (Wildman–Crippen LogP) is 2.75. The summed E-state index contributed by atoms with van der Waals surface area (Å²) in [7, 11) is 0. The highest BCUT2D eigenvalue weighted by Crippen LogP contribution is 2.37. The van der Waals surface area contributed by atoms with Gasteiger partial charge in [-0.2, -0.15) is 0 Å². The Morgan fingerprint density at radius 1 is 1.10 bits per heavy atom. The van der Waals surface area contributed by atoms with Crippen LogP contribution in [0.1, 0.15) is 6.42 Å². The van der Waals surface area contributed by atoms with Crippen molar-refractivity contribution < 1.29 is 14.5 Å². The van der Waals surface area contributed by atoms with E-state index in [2.05, 4.69) is 5.32 Å². The molecule has 0 unspecified atom stereocenters. The second-order valence-corrected chi connectivity index (χ2v) is 8.15. The van der Waals surface area contributed by atoms with E-state index in [-0.39, 0.29) is 28.8 Å². The highest BCUT2D eigenvalue weighted by molar-refractivity contribution is 8.01. The lowest BCUT2D eigenvalue weighted by atomic mass is 10.2. The van der Waals surface area contributed by atoms with Crippen LogP contribution in [0, 0.1) is 10.1 Å². The second-order valence-electron chi connectivity index (χ2n) is 6.91. The first kappa shape index (κ1) is 19.3. The minimum absolute atomic E-state index is 0.0701. The number of thioether (sulfide) groups is 1. The number of rotatable bonds is 4. The molecular formula is C20H20N4O4S. The van der Waals surface area contributed by atoms with Gasteiger partial charge in [0.2, 0.25) is 11.8 Å². The molecule has 0 aliphatic carbocycles. The number of anilines is 2. The Morgan fingerprint density at radius 2 is 1.79 bits per heavy atom. The number of fused-ring (bicyclic) bond motifs is 1. The number of carbonyl (C=O) groups is 2. The van der Waals surface area contributed by atoms with Crippen LogP contribution in [0.5, 0.6) is 0 Å². The van der Waals surface area contributed by atoms with Gasteiger partial charge in [0.15, 0.2) is 0 Å². The van der Waals surface area contributed by atoms with Crippen molar-refractivity contribution >= 4 is 40.6 Å². The number of carbonyl (C=O) groups excluding carboxylic acids is 2. The first-order valence-electron chi connectivity index (χ1n) is 9.35. The summed E-state index contributed by atoms with van der Waals surface area (Å²) in [4.78, 5) is 40.6. The summed E-state index contributed by atoms with van der Waals surface area (Å²) < 4.78 is 0. The molecule has 0 spiro atoms. The molecule has 1 saturated heterocycles. The van der Waals surface area contributed by atoms with Crippen LogP contribution in [0.3, 0.4) is 0 Å². The van der Waals surface area contributed by atoms with Gasteiger partial charge in [-0.25, -0.2) is 0 Å². The number of hydrogen-bond acceptors (Lipinski definition) is 6. The van der Waals surface area contributed by atoms with Gasteiger partial charge in [-0.3, -0.25) is 19.7 Å². The maximum Gasteiger partial charge on any atom is 0.292 e. The molecule has 2 aromatic carbocycles. The van der Waals surface area contributed by atoms with Gasteiger partial charge in [0.1, 0.15) is 5.69 Å². The van der Waals surface area contributed by atoms with Crippen LogP contribution in [0.25, 0.3) is 0 Å². The third kappa shape index (κ3) is 4.04. The van der Waals surface area contributed by atoms with Gasteiger partial charge < -0.3 is 15.1 Å². The number of nitrogens with one attached hydrogen (secondary N) is 1. The standard InChI is InChI=1S/C20H20N4O4S/c25-19(13-18-20(26)21-14-5-1-4-8-17(14)29-18)23-11-9-22(10-12-23)15-6-2-3-7-16(15)24(27)28/h1-8,18H,9-13H2,(H,21,26)/t18-/m0/s1. The Morgan fingerprint density at radius 3 is 2.55 bits per heavy atom. The topological polar surface area (TPSA) is 95.8 Å². The van der Waals surface area contributed by atoms with E-state index in [0.717, 1.165) is 10.6 Å². The summed E-state index contributed by atoms with van der Waals surface area (Å²) >= 11 is 1.42. The Kier molecular flexibility index (Phi) is 5.39. The molecule has 2 aliphatic heterocycles. The zero-order chi connectivity index (χ0) is 20.4. The molecule has 2 aromatic rings. The average Bonchev–Trinajstić information content (AvgIpc) is 2.74. The lowest BCUT2D eigenvalue weighted by Crippen LogP contribution is -2.50. The minimum atomic E-state index is -0.453. The highest BCUT2D eigenvalue weighted by Gasteiger charge is 2.32. The SMILES string of the molecule is O=C1Nc2ccccc2S[C@H]1CC(=O)N1CCN(c2ccccc2[N+](=O)[O-])CC1. The Labute approximate surface area is 172 Å². The molecule has 150 valence electrons. The fourth-order valence-corrected chi connectivity index (χ4v) is 4.70. The summed E-state index contributed by atoms with van der Waals surface area (Å²) in [6.07, 6.45) is 0.135. The molecule has 0 radical (unpaired) electrons. The molecule has 2 aliphatic rings. The molecule has 0 saturated carbocycles. The van der Waals surface area contributed by atoms with Gasteiger partial charge >= 0.3 is 0 Å². The molecule has 29 heavy (non-hydrogen) atoms. The summed E-state index contributed by atoms with van der Waals surface area (Å²) in [6.45, 7) is 1.98. The van der Waals surface area contributed by atoms with Crippen molar-refractivity contribution in [1.29, 1.82) is 0 Å². The van der Waals surface area contributed by atoms with Crippen molar-refractivity contribution in [3.05, 3.63) is 58.6 Å². The van der Waals surface area contributed by atoms with E-state index in [1.54, 1.807) is 23.1 Å². The lowest BCUT2D eigenvalue weighted by molar-refractivity contribution is -0.384. The number of nitrogens with zero attached hydrogens (tertiary/aromatic N) is 3.